The highest BCUT2D eigenvalue weighted by atomic mass is 32.1. The van der Waals surface area contributed by atoms with Crippen molar-refractivity contribution in [2.75, 3.05) is 11.9 Å². The van der Waals surface area contributed by atoms with Gasteiger partial charge in [-0.05, 0) is 30.4 Å². The Labute approximate surface area is 87.0 Å². The lowest BCUT2D eigenvalue weighted by atomic mass is 10.3. The summed E-state index contributed by atoms with van der Waals surface area (Å²) in [6, 6.07) is 2.26. The molecule has 2 unspecified atom stereocenters. The maximum Gasteiger partial charge on any atom is 0.308 e. The number of aryl methyl sites for hydroxylation is 1. The Hall–Kier alpha value is -1.03. The number of hydrogen-bond acceptors (Lipinski definition) is 3. The zero-order chi connectivity index (χ0) is 10.3. The van der Waals surface area contributed by atoms with E-state index in [-0.39, 0.29) is 12.0 Å². The fraction of sp³-hybridized carbons (Fsp3) is 0.500. The standard InChI is InChI=1S/C10H13NO2S/c1-6-3-4-14-9(6)11(2)8-5-7(8)10(12)13/h3-4,7-8H,5H2,1-2H3,(H,12,13). The molecule has 1 N–H and O–H groups in total. The first-order valence-corrected chi connectivity index (χ1v) is 5.49. The number of hydrogen-bond donors (Lipinski definition) is 1. The Morgan fingerprint density at radius 3 is 2.86 bits per heavy atom. The Balaban J connectivity index is 2.08. The fourth-order valence-corrected chi connectivity index (χ4v) is 2.71. The van der Waals surface area contributed by atoms with Gasteiger partial charge in [0.1, 0.15) is 0 Å². The monoisotopic (exact) mass is 211 g/mol. The number of thiophene rings is 1. The van der Waals surface area contributed by atoms with E-state index in [0.29, 0.717) is 0 Å². The van der Waals surface area contributed by atoms with Gasteiger partial charge in [-0.2, -0.15) is 0 Å². The van der Waals surface area contributed by atoms with Gasteiger partial charge in [-0.25, -0.2) is 0 Å². The van der Waals surface area contributed by atoms with Crippen LogP contribution in [0, 0.1) is 12.8 Å². The summed E-state index contributed by atoms with van der Waals surface area (Å²) in [4.78, 5) is 12.8. The predicted molar refractivity (Wildman–Crippen MR) is 57.0 cm³/mol. The molecule has 76 valence electrons. The minimum atomic E-state index is -0.670. The molecule has 1 aromatic heterocycles. The van der Waals surface area contributed by atoms with Gasteiger partial charge in [-0.1, -0.05) is 0 Å². The van der Waals surface area contributed by atoms with E-state index in [1.54, 1.807) is 11.3 Å². The third-order valence-corrected chi connectivity index (χ3v) is 3.83. The SMILES string of the molecule is Cc1ccsc1N(C)C1CC1C(=O)O. The highest BCUT2D eigenvalue weighted by Gasteiger charge is 2.46. The molecule has 1 aliphatic rings. The van der Waals surface area contributed by atoms with Crippen molar-refractivity contribution >= 4 is 22.3 Å². The summed E-state index contributed by atoms with van der Waals surface area (Å²) in [5.74, 6) is -0.836. The van der Waals surface area contributed by atoms with E-state index in [2.05, 4.69) is 17.9 Å². The molecular formula is C10H13NO2S. The highest BCUT2D eigenvalue weighted by molar-refractivity contribution is 7.14. The van der Waals surface area contributed by atoms with Crippen molar-refractivity contribution in [2.24, 2.45) is 5.92 Å². The zero-order valence-electron chi connectivity index (χ0n) is 8.23. The van der Waals surface area contributed by atoms with Crippen LogP contribution < -0.4 is 4.90 Å². The molecule has 1 aliphatic carbocycles. The number of nitrogens with zero attached hydrogens (tertiary/aromatic N) is 1. The molecule has 1 aromatic rings. The number of carboxylic acids is 1. The minimum absolute atomic E-state index is 0.165. The number of carboxylic acid groups (broad SMARTS) is 1. The average molecular weight is 211 g/mol. The molecule has 1 heterocycles. The summed E-state index contributed by atoms with van der Waals surface area (Å²) >= 11 is 1.67. The van der Waals surface area contributed by atoms with E-state index in [0.717, 1.165) is 6.42 Å². The summed E-state index contributed by atoms with van der Waals surface area (Å²) < 4.78 is 0. The quantitative estimate of drug-likeness (QED) is 0.831. The van der Waals surface area contributed by atoms with Crippen LogP contribution in [-0.4, -0.2) is 24.2 Å². The van der Waals surface area contributed by atoms with Crippen molar-refractivity contribution in [3.8, 4) is 0 Å². The topological polar surface area (TPSA) is 40.5 Å². The van der Waals surface area contributed by atoms with Gasteiger partial charge >= 0.3 is 5.97 Å². The van der Waals surface area contributed by atoms with Gasteiger partial charge in [-0.3, -0.25) is 4.79 Å². The van der Waals surface area contributed by atoms with Crippen LogP contribution in [0.1, 0.15) is 12.0 Å². The second kappa shape index (κ2) is 3.28. The van der Waals surface area contributed by atoms with Crippen LogP contribution >= 0.6 is 11.3 Å². The Kier molecular flexibility index (Phi) is 2.23. The molecule has 0 aromatic carbocycles. The van der Waals surface area contributed by atoms with Crippen LogP contribution in [0.3, 0.4) is 0 Å². The zero-order valence-corrected chi connectivity index (χ0v) is 9.04. The maximum atomic E-state index is 10.7. The van der Waals surface area contributed by atoms with E-state index in [4.69, 9.17) is 5.11 Å². The van der Waals surface area contributed by atoms with Gasteiger partial charge in [0, 0.05) is 13.1 Å². The molecule has 14 heavy (non-hydrogen) atoms. The minimum Gasteiger partial charge on any atom is -0.481 e. The van der Waals surface area contributed by atoms with Gasteiger partial charge in [-0.15, -0.1) is 11.3 Å². The van der Waals surface area contributed by atoms with Crippen molar-refractivity contribution in [1.29, 1.82) is 0 Å². The van der Waals surface area contributed by atoms with E-state index < -0.39 is 5.97 Å². The lowest BCUT2D eigenvalue weighted by Crippen LogP contribution is -2.23. The number of carbonyl (C=O) groups is 1. The molecule has 1 saturated carbocycles. The molecule has 0 radical (unpaired) electrons. The van der Waals surface area contributed by atoms with Crippen LogP contribution in [0.5, 0.6) is 0 Å². The molecule has 0 bridgehead atoms. The lowest BCUT2D eigenvalue weighted by Gasteiger charge is -2.17. The summed E-state index contributed by atoms with van der Waals surface area (Å²) in [7, 11) is 1.98. The molecule has 0 amide bonds. The number of anilines is 1. The molecule has 3 nitrogen and oxygen atoms in total. The van der Waals surface area contributed by atoms with Crippen LogP contribution in [0.15, 0.2) is 11.4 Å². The Morgan fingerprint density at radius 2 is 2.43 bits per heavy atom. The molecular weight excluding hydrogens is 198 g/mol. The van der Waals surface area contributed by atoms with Gasteiger partial charge < -0.3 is 10.0 Å². The average Bonchev–Trinajstić information content (AvgIpc) is 2.82. The summed E-state index contributed by atoms with van der Waals surface area (Å²) in [6.45, 7) is 2.06. The van der Waals surface area contributed by atoms with Gasteiger partial charge in [0.05, 0.1) is 10.9 Å². The van der Waals surface area contributed by atoms with E-state index >= 15 is 0 Å². The van der Waals surface area contributed by atoms with Crippen molar-refractivity contribution in [3.05, 3.63) is 17.0 Å². The van der Waals surface area contributed by atoms with Crippen molar-refractivity contribution in [3.63, 3.8) is 0 Å². The van der Waals surface area contributed by atoms with Gasteiger partial charge in [0.15, 0.2) is 0 Å². The molecule has 0 spiro atoms. The van der Waals surface area contributed by atoms with E-state index in [9.17, 15) is 4.79 Å². The number of aliphatic carboxylic acids is 1. The van der Waals surface area contributed by atoms with Crippen LogP contribution in [0.25, 0.3) is 0 Å². The maximum absolute atomic E-state index is 10.7. The first-order chi connectivity index (χ1) is 6.61. The second-order valence-corrected chi connectivity index (χ2v) is 4.66. The molecule has 0 aliphatic heterocycles. The summed E-state index contributed by atoms with van der Waals surface area (Å²) in [5, 5.41) is 12.1. The molecule has 2 rings (SSSR count). The van der Waals surface area contributed by atoms with Crippen LogP contribution in [-0.2, 0) is 4.79 Å². The van der Waals surface area contributed by atoms with E-state index in [1.165, 1.54) is 10.6 Å². The molecule has 4 heteroatoms. The summed E-state index contributed by atoms with van der Waals surface area (Å²) in [6.07, 6.45) is 0.781. The lowest BCUT2D eigenvalue weighted by molar-refractivity contribution is -0.138. The largest absolute Gasteiger partial charge is 0.481 e. The normalized spacial score (nSPS) is 24.7. The van der Waals surface area contributed by atoms with Crippen molar-refractivity contribution in [1.82, 2.24) is 0 Å². The predicted octanol–water partition coefficient (Wildman–Crippen LogP) is 1.97. The Morgan fingerprint density at radius 1 is 1.71 bits per heavy atom. The van der Waals surface area contributed by atoms with Crippen LogP contribution in [0.2, 0.25) is 0 Å². The highest BCUT2D eigenvalue weighted by Crippen LogP contribution is 2.40. The third-order valence-electron chi connectivity index (χ3n) is 2.73. The molecule has 2 atom stereocenters. The van der Waals surface area contributed by atoms with E-state index in [1.807, 2.05) is 12.4 Å². The van der Waals surface area contributed by atoms with Crippen molar-refractivity contribution in [2.45, 2.75) is 19.4 Å². The third kappa shape index (κ3) is 1.50. The van der Waals surface area contributed by atoms with Gasteiger partial charge in [0.25, 0.3) is 0 Å². The van der Waals surface area contributed by atoms with Crippen molar-refractivity contribution < 1.29 is 9.90 Å². The first-order valence-electron chi connectivity index (χ1n) is 4.61. The number of rotatable bonds is 3. The smallest absolute Gasteiger partial charge is 0.308 e. The second-order valence-electron chi connectivity index (χ2n) is 3.77. The summed E-state index contributed by atoms with van der Waals surface area (Å²) in [5.41, 5.74) is 1.23. The molecule has 0 saturated heterocycles. The first kappa shape index (κ1) is 9.52. The fourth-order valence-electron chi connectivity index (χ4n) is 1.75. The molecule has 1 fully saturated rings. The van der Waals surface area contributed by atoms with Gasteiger partial charge in [0.2, 0.25) is 0 Å². The Bertz CT molecular complexity index is 361. The van der Waals surface area contributed by atoms with Crippen LogP contribution in [0.4, 0.5) is 5.00 Å².